The molecule has 1 heterocycles. The van der Waals surface area contributed by atoms with Crippen LogP contribution in [-0.4, -0.2) is 6.54 Å². The van der Waals surface area contributed by atoms with Crippen molar-refractivity contribution in [1.82, 2.24) is 0 Å². The fourth-order valence-electron chi connectivity index (χ4n) is 2.70. The van der Waals surface area contributed by atoms with Gasteiger partial charge in [0, 0.05) is 36.4 Å². The number of hydrogen-bond donors (Lipinski definition) is 1. The molecule has 4 heteroatoms. The molecule has 2 aromatic rings. The number of halogens is 2. The van der Waals surface area contributed by atoms with Gasteiger partial charge in [-0.1, -0.05) is 24.3 Å². The molecule has 2 nitrogen and oxygen atoms in total. The third kappa shape index (κ3) is 2.27. The minimum atomic E-state index is -0.258. The van der Waals surface area contributed by atoms with Crippen molar-refractivity contribution >= 4 is 5.69 Å². The molecule has 2 aromatic carbocycles. The third-order valence-electron chi connectivity index (χ3n) is 3.78. The molecule has 0 fully saturated rings. The highest BCUT2D eigenvalue weighted by molar-refractivity contribution is 5.58. The molecule has 3 rings (SSSR count). The molecule has 0 aromatic heterocycles. The second-order valence-electron chi connectivity index (χ2n) is 5.04. The fourth-order valence-corrected chi connectivity index (χ4v) is 2.70. The molecular formula is C16H16F2N2. The molecular weight excluding hydrogens is 258 g/mol. The first-order chi connectivity index (χ1) is 9.69. The van der Waals surface area contributed by atoms with Gasteiger partial charge in [0.1, 0.15) is 11.6 Å². The van der Waals surface area contributed by atoms with E-state index in [1.165, 1.54) is 12.1 Å². The molecule has 0 atom stereocenters. The standard InChI is InChI=1S/C16H16F2N2/c17-14-5-4-11-6-7-20(15(11)8-14)10-13-3-1-2-12(9-19)16(13)18/h1-5,8H,6-7,9-10,19H2. The van der Waals surface area contributed by atoms with Gasteiger partial charge in [0.05, 0.1) is 0 Å². The minimum Gasteiger partial charge on any atom is -0.366 e. The van der Waals surface area contributed by atoms with Crippen LogP contribution in [0.25, 0.3) is 0 Å². The number of anilines is 1. The molecule has 104 valence electrons. The van der Waals surface area contributed by atoms with Gasteiger partial charge in [-0.05, 0) is 24.1 Å². The second kappa shape index (κ2) is 5.21. The summed E-state index contributed by atoms with van der Waals surface area (Å²) in [6.07, 6.45) is 0.869. The molecule has 0 saturated heterocycles. The maximum absolute atomic E-state index is 14.2. The van der Waals surface area contributed by atoms with Gasteiger partial charge in [-0.25, -0.2) is 8.78 Å². The van der Waals surface area contributed by atoms with E-state index in [-0.39, 0.29) is 18.2 Å². The Labute approximate surface area is 116 Å². The van der Waals surface area contributed by atoms with Crippen molar-refractivity contribution in [2.75, 3.05) is 11.4 Å². The van der Waals surface area contributed by atoms with Gasteiger partial charge in [0.15, 0.2) is 0 Å². The van der Waals surface area contributed by atoms with E-state index in [0.29, 0.717) is 17.7 Å². The summed E-state index contributed by atoms with van der Waals surface area (Å²) in [5.74, 6) is -0.508. The van der Waals surface area contributed by atoms with Crippen LogP contribution in [0, 0.1) is 11.6 Å². The van der Waals surface area contributed by atoms with Crippen molar-refractivity contribution in [3.05, 3.63) is 64.7 Å². The lowest BCUT2D eigenvalue weighted by molar-refractivity contribution is 0.589. The van der Waals surface area contributed by atoms with Gasteiger partial charge in [0.25, 0.3) is 0 Å². The van der Waals surface area contributed by atoms with Crippen molar-refractivity contribution in [1.29, 1.82) is 0 Å². The number of rotatable bonds is 3. The molecule has 0 aliphatic carbocycles. The molecule has 20 heavy (non-hydrogen) atoms. The SMILES string of the molecule is NCc1cccc(CN2CCc3ccc(F)cc32)c1F. The topological polar surface area (TPSA) is 29.3 Å². The van der Waals surface area contributed by atoms with E-state index in [2.05, 4.69) is 0 Å². The Morgan fingerprint density at radius 1 is 1.10 bits per heavy atom. The Morgan fingerprint density at radius 2 is 1.90 bits per heavy atom. The zero-order chi connectivity index (χ0) is 14.1. The van der Waals surface area contributed by atoms with Crippen LogP contribution in [0.5, 0.6) is 0 Å². The van der Waals surface area contributed by atoms with Gasteiger partial charge >= 0.3 is 0 Å². The fraction of sp³-hybridized carbons (Fsp3) is 0.250. The highest BCUT2D eigenvalue weighted by atomic mass is 19.1. The maximum Gasteiger partial charge on any atom is 0.132 e. The Morgan fingerprint density at radius 3 is 2.70 bits per heavy atom. The third-order valence-corrected chi connectivity index (χ3v) is 3.78. The van der Waals surface area contributed by atoms with Crippen molar-refractivity contribution in [3.8, 4) is 0 Å². The lowest BCUT2D eigenvalue weighted by Gasteiger charge is -2.20. The number of nitrogens with zero attached hydrogens (tertiary/aromatic N) is 1. The predicted molar refractivity (Wildman–Crippen MR) is 75.4 cm³/mol. The average Bonchev–Trinajstić information content (AvgIpc) is 2.83. The molecule has 0 radical (unpaired) electrons. The summed E-state index contributed by atoms with van der Waals surface area (Å²) >= 11 is 0. The number of nitrogens with two attached hydrogens (primary N) is 1. The van der Waals surface area contributed by atoms with Crippen molar-refractivity contribution in [2.45, 2.75) is 19.5 Å². The van der Waals surface area contributed by atoms with E-state index in [0.717, 1.165) is 24.2 Å². The highest BCUT2D eigenvalue weighted by Crippen LogP contribution is 2.30. The first-order valence-corrected chi connectivity index (χ1v) is 6.68. The maximum atomic E-state index is 14.2. The van der Waals surface area contributed by atoms with E-state index in [1.54, 1.807) is 18.2 Å². The zero-order valence-corrected chi connectivity index (χ0v) is 11.1. The monoisotopic (exact) mass is 274 g/mol. The van der Waals surface area contributed by atoms with Crippen LogP contribution in [0.4, 0.5) is 14.5 Å². The van der Waals surface area contributed by atoms with Gasteiger partial charge < -0.3 is 10.6 Å². The van der Waals surface area contributed by atoms with E-state index in [1.807, 2.05) is 11.0 Å². The summed E-state index contributed by atoms with van der Waals surface area (Å²) < 4.78 is 27.6. The lowest BCUT2D eigenvalue weighted by Crippen LogP contribution is -2.21. The van der Waals surface area contributed by atoms with E-state index in [9.17, 15) is 8.78 Å². The molecule has 2 N–H and O–H groups in total. The van der Waals surface area contributed by atoms with Crippen LogP contribution in [0.2, 0.25) is 0 Å². The molecule has 0 amide bonds. The van der Waals surface area contributed by atoms with E-state index < -0.39 is 0 Å². The molecule has 0 spiro atoms. The largest absolute Gasteiger partial charge is 0.366 e. The molecule has 1 aliphatic heterocycles. The summed E-state index contributed by atoms with van der Waals surface area (Å²) in [7, 11) is 0. The van der Waals surface area contributed by atoms with E-state index >= 15 is 0 Å². The van der Waals surface area contributed by atoms with Crippen molar-refractivity contribution < 1.29 is 8.78 Å². The van der Waals surface area contributed by atoms with Crippen molar-refractivity contribution in [2.24, 2.45) is 5.73 Å². The highest BCUT2D eigenvalue weighted by Gasteiger charge is 2.21. The Bertz CT molecular complexity index is 640. The summed E-state index contributed by atoms with van der Waals surface area (Å²) in [6, 6.07) is 10.0. The van der Waals surface area contributed by atoms with Crippen LogP contribution < -0.4 is 10.6 Å². The average molecular weight is 274 g/mol. The van der Waals surface area contributed by atoms with E-state index in [4.69, 9.17) is 5.73 Å². The van der Waals surface area contributed by atoms with Gasteiger partial charge in [0.2, 0.25) is 0 Å². The van der Waals surface area contributed by atoms with Gasteiger partial charge in [-0.3, -0.25) is 0 Å². The number of fused-ring (bicyclic) bond motifs is 1. The van der Waals surface area contributed by atoms with Crippen molar-refractivity contribution in [3.63, 3.8) is 0 Å². The lowest BCUT2D eigenvalue weighted by atomic mass is 10.1. The van der Waals surface area contributed by atoms with Gasteiger partial charge in [-0.15, -0.1) is 0 Å². The molecule has 0 unspecified atom stereocenters. The first kappa shape index (κ1) is 13.1. The predicted octanol–water partition coefficient (Wildman–Crippen LogP) is 2.99. The van der Waals surface area contributed by atoms with Crippen LogP contribution in [0.15, 0.2) is 36.4 Å². The summed E-state index contributed by atoms with van der Waals surface area (Å²) in [5.41, 5.74) is 8.61. The Kier molecular flexibility index (Phi) is 3.40. The number of benzene rings is 2. The van der Waals surface area contributed by atoms with Crippen LogP contribution >= 0.6 is 0 Å². The first-order valence-electron chi connectivity index (χ1n) is 6.68. The van der Waals surface area contributed by atoms with Crippen LogP contribution in [0.3, 0.4) is 0 Å². The smallest absolute Gasteiger partial charge is 0.132 e. The molecule has 0 bridgehead atoms. The summed E-state index contributed by atoms with van der Waals surface area (Å²) in [5, 5.41) is 0. The second-order valence-corrected chi connectivity index (χ2v) is 5.04. The zero-order valence-electron chi connectivity index (χ0n) is 11.1. The summed E-state index contributed by atoms with van der Waals surface area (Å²) in [4.78, 5) is 2.01. The van der Waals surface area contributed by atoms with Crippen LogP contribution in [-0.2, 0) is 19.5 Å². The Balaban J connectivity index is 1.89. The summed E-state index contributed by atoms with van der Waals surface area (Å²) in [6.45, 7) is 1.41. The van der Waals surface area contributed by atoms with Gasteiger partial charge in [-0.2, -0.15) is 0 Å². The normalized spacial score (nSPS) is 13.7. The number of hydrogen-bond acceptors (Lipinski definition) is 2. The Hall–Kier alpha value is -1.94. The quantitative estimate of drug-likeness (QED) is 0.932. The minimum absolute atomic E-state index is 0.185. The molecule has 0 saturated carbocycles. The van der Waals surface area contributed by atoms with Crippen LogP contribution in [0.1, 0.15) is 16.7 Å². The molecule has 1 aliphatic rings.